The molecule has 1 atom stereocenters. The van der Waals surface area contributed by atoms with Crippen LogP contribution in [0.3, 0.4) is 0 Å². The molecule has 2 rings (SSSR count). The lowest BCUT2D eigenvalue weighted by atomic mass is 9.95. The number of likely N-dealkylation sites (tertiary alicyclic amines) is 1. The summed E-state index contributed by atoms with van der Waals surface area (Å²) in [6.07, 6.45) is 1.51. The van der Waals surface area contributed by atoms with Gasteiger partial charge in [0.05, 0.1) is 0 Å². The van der Waals surface area contributed by atoms with Crippen LogP contribution in [0.15, 0.2) is 0 Å². The third kappa shape index (κ3) is 5.99. The van der Waals surface area contributed by atoms with Gasteiger partial charge in [0.2, 0.25) is 5.91 Å². The Bertz CT molecular complexity index is 594. The van der Waals surface area contributed by atoms with E-state index in [1.807, 2.05) is 18.7 Å². The van der Waals surface area contributed by atoms with E-state index < -0.39 is 17.2 Å². The summed E-state index contributed by atoms with van der Waals surface area (Å²) >= 11 is 0. The van der Waals surface area contributed by atoms with Crippen LogP contribution in [0.25, 0.3) is 0 Å². The number of hydrogen-bond donors (Lipinski definition) is 2. The fourth-order valence-electron chi connectivity index (χ4n) is 2.87. The average molecular weight is 352 g/mol. The molecule has 9 nitrogen and oxygen atoms in total. The first-order valence-corrected chi connectivity index (χ1v) is 8.58. The Morgan fingerprint density at radius 1 is 1.32 bits per heavy atom. The molecule has 1 fully saturated rings. The van der Waals surface area contributed by atoms with Crippen molar-refractivity contribution < 1.29 is 14.3 Å². The van der Waals surface area contributed by atoms with E-state index in [9.17, 15) is 9.59 Å². The summed E-state index contributed by atoms with van der Waals surface area (Å²) in [7, 11) is 0. The van der Waals surface area contributed by atoms with Crippen LogP contribution < -0.4 is 5.32 Å². The average Bonchev–Trinajstić information content (AvgIpc) is 2.98. The zero-order chi connectivity index (χ0) is 18.7. The molecule has 0 unspecified atom stereocenters. The molecule has 1 aromatic rings. The van der Waals surface area contributed by atoms with E-state index >= 15 is 0 Å². The minimum absolute atomic E-state index is 0.00532. The number of hydrogen-bond acceptors (Lipinski definition) is 6. The highest BCUT2D eigenvalue weighted by Gasteiger charge is 2.32. The Balaban J connectivity index is 1.90. The van der Waals surface area contributed by atoms with E-state index in [2.05, 4.69) is 25.9 Å². The van der Waals surface area contributed by atoms with Crippen LogP contribution in [-0.2, 0) is 9.53 Å². The normalized spacial score (nSPS) is 18.8. The number of amides is 2. The molecule has 0 spiro atoms. The van der Waals surface area contributed by atoms with Gasteiger partial charge in [-0.25, -0.2) is 4.79 Å². The fourth-order valence-corrected chi connectivity index (χ4v) is 2.87. The largest absolute Gasteiger partial charge is 0.444 e. The maximum absolute atomic E-state index is 12.7. The van der Waals surface area contributed by atoms with Crippen LogP contribution in [0, 0.1) is 0 Å². The van der Waals surface area contributed by atoms with Gasteiger partial charge in [0.15, 0.2) is 5.82 Å². The lowest BCUT2D eigenvalue weighted by Gasteiger charge is -2.34. The number of H-pyrrole nitrogens is 1. The first-order chi connectivity index (χ1) is 11.6. The van der Waals surface area contributed by atoms with Crippen LogP contribution >= 0.6 is 0 Å². The summed E-state index contributed by atoms with van der Waals surface area (Å²) in [5, 5.41) is 16.9. The van der Waals surface area contributed by atoms with E-state index in [0.29, 0.717) is 18.9 Å². The molecule has 0 saturated carbocycles. The van der Waals surface area contributed by atoms with Crippen LogP contribution in [0.1, 0.15) is 65.6 Å². The smallest absolute Gasteiger partial charge is 0.408 e. The van der Waals surface area contributed by atoms with E-state index in [1.165, 1.54) is 0 Å². The van der Waals surface area contributed by atoms with Gasteiger partial charge in [0.25, 0.3) is 0 Å². The molecule has 0 bridgehead atoms. The van der Waals surface area contributed by atoms with Crippen molar-refractivity contribution in [1.29, 1.82) is 0 Å². The number of aromatic nitrogens is 4. The summed E-state index contributed by atoms with van der Waals surface area (Å²) in [6.45, 7) is 10.3. The topological polar surface area (TPSA) is 113 Å². The van der Waals surface area contributed by atoms with Crippen molar-refractivity contribution in [3.8, 4) is 0 Å². The standard InChI is InChI=1S/C16H28N6O3/c1-15(2,3)25-14(24)17-16(4,5)9-12(23)22-8-6-7-11(10-22)13-18-20-21-19-13/h11H,6-10H2,1-5H3,(H,17,24)(H,18,19,20,21)/t11-/m0/s1. The minimum Gasteiger partial charge on any atom is -0.444 e. The first kappa shape index (κ1) is 19.1. The van der Waals surface area contributed by atoms with Crippen molar-refractivity contribution in [3.63, 3.8) is 0 Å². The molecule has 0 radical (unpaired) electrons. The minimum atomic E-state index is -0.696. The summed E-state index contributed by atoms with van der Waals surface area (Å²) < 4.78 is 5.26. The number of carbonyl (C=O) groups is 2. The highest BCUT2D eigenvalue weighted by molar-refractivity contribution is 5.79. The van der Waals surface area contributed by atoms with Gasteiger partial charge >= 0.3 is 6.09 Å². The molecule has 0 aliphatic carbocycles. The lowest BCUT2D eigenvalue weighted by molar-refractivity contribution is -0.133. The molecule has 140 valence electrons. The number of rotatable bonds is 4. The van der Waals surface area contributed by atoms with Crippen LogP contribution in [0.5, 0.6) is 0 Å². The van der Waals surface area contributed by atoms with Gasteiger partial charge in [-0.3, -0.25) is 4.79 Å². The van der Waals surface area contributed by atoms with Gasteiger partial charge in [-0.15, -0.1) is 10.2 Å². The number of carbonyl (C=O) groups excluding carboxylic acids is 2. The van der Waals surface area contributed by atoms with Crippen molar-refractivity contribution in [1.82, 2.24) is 30.8 Å². The molecule has 2 amide bonds. The number of ether oxygens (including phenoxy) is 1. The highest BCUT2D eigenvalue weighted by atomic mass is 16.6. The number of nitrogens with one attached hydrogen (secondary N) is 2. The van der Waals surface area contributed by atoms with Gasteiger partial charge in [0.1, 0.15) is 5.60 Å². The molecule has 2 heterocycles. The third-order valence-electron chi connectivity index (χ3n) is 3.93. The Hall–Kier alpha value is -2.19. The second-order valence-electron chi connectivity index (χ2n) is 8.14. The second kappa shape index (κ2) is 7.37. The first-order valence-electron chi connectivity index (χ1n) is 8.58. The Morgan fingerprint density at radius 3 is 2.64 bits per heavy atom. The van der Waals surface area contributed by atoms with E-state index in [4.69, 9.17) is 4.74 Å². The van der Waals surface area contributed by atoms with Gasteiger partial charge in [-0.2, -0.15) is 5.21 Å². The molecular weight excluding hydrogens is 324 g/mol. The SMILES string of the molecule is CC(C)(CC(=O)N1CCC[C@H](c2nn[nH]n2)C1)NC(=O)OC(C)(C)C. The monoisotopic (exact) mass is 352 g/mol. The number of alkyl carbamates (subject to hydrolysis) is 1. The van der Waals surface area contributed by atoms with Crippen molar-refractivity contribution in [3.05, 3.63) is 5.82 Å². The predicted molar refractivity (Wildman–Crippen MR) is 90.8 cm³/mol. The maximum Gasteiger partial charge on any atom is 0.408 e. The molecule has 1 aliphatic heterocycles. The zero-order valence-corrected chi connectivity index (χ0v) is 15.6. The van der Waals surface area contributed by atoms with Gasteiger partial charge in [0, 0.05) is 31.0 Å². The highest BCUT2D eigenvalue weighted by Crippen LogP contribution is 2.25. The summed E-state index contributed by atoms with van der Waals surface area (Å²) in [4.78, 5) is 26.4. The molecule has 25 heavy (non-hydrogen) atoms. The second-order valence-corrected chi connectivity index (χ2v) is 8.14. The van der Waals surface area contributed by atoms with Gasteiger partial charge in [-0.1, -0.05) is 5.21 Å². The Morgan fingerprint density at radius 2 is 2.04 bits per heavy atom. The number of tetrazole rings is 1. The van der Waals surface area contributed by atoms with Crippen molar-refractivity contribution >= 4 is 12.0 Å². The van der Waals surface area contributed by atoms with E-state index in [0.717, 1.165) is 12.8 Å². The number of piperidine rings is 1. The molecule has 2 N–H and O–H groups in total. The van der Waals surface area contributed by atoms with Crippen LogP contribution in [0.2, 0.25) is 0 Å². The van der Waals surface area contributed by atoms with Crippen molar-refractivity contribution in [2.24, 2.45) is 0 Å². The predicted octanol–water partition coefficient (Wildman–Crippen LogP) is 1.60. The molecule has 1 saturated heterocycles. The summed E-state index contributed by atoms with van der Waals surface area (Å²) in [6, 6.07) is 0. The van der Waals surface area contributed by atoms with Crippen molar-refractivity contribution in [2.45, 2.75) is 70.9 Å². The van der Waals surface area contributed by atoms with Crippen LogP contribution in [-0.4, -0.2) is 61.8 Å². The third-order valence-corrected chi connectivity index (χ3v) is 3.93. The van der Waals surface area contributed by atoms with E-state index in [1.54, 1.807) is 20.8 Å². The van der Waals surface area contributed by atoms with Crippen molar-refractivity contribution in [2.75, 3.05) is 13.1 Å². The zero-order valence-electron chi connectivity index (χ0n) is 15.6. The van der Waals surface area contributed by atoms with Gasteiger partial charge < -0.3 is 15.0 Å². The number of nitrogens with zero attached hydrogens (tertiary/aromatic N) is 4. The lowest BCUT2D eigenvalue weighted by Crippen LogP contribution is -2.50. The molecule has 9 heteroatoms. The quantitative estimate of drug-likeness (QED) is 0.851. The Kier molecular flexibility index (Phi) is 5.64. The van der Waals surface area contributed by atoms with E-state index in [-0.39, 0.29) is 18.2 Å². The van der Waals surface area contributed by atoms with Crippen LogP contribution in [0.4, 0.5) is 4.79 Å². The molecule has 0 aromatic carbocycles. The summed E-state index contributed by atoms with van der Waals surface area (Å²) in [5.41, 5.74) is -1.27. The Labute approximate surface area is 147 Å². The maximum atomic E-state index is 12.7. The molecule has 1 aliphatic rings. The van der Waals surface area contributed by atoms with Gasteiger partial charge in [-0.05, 0) is 47.5 Å². The molecule has 1 aromatic heterocycles. The summed E-state index contributed by atoms with van der Waals surface area (Å²) in [5.74, 6) is 0.733. The number of aromatic amines is 1. The fraction of sp³-hybridized carbons (Fsp3) is 0.812. The molecular formula is C16H28N6O3.